The van der Waals surface area contributed by atoms with E-state index in [1.807, 2.05) is 48.5 Å². The molecule has 27 heavy (non-hydrogen) atoms. The number of hydrogen-bond donors (Lipinski definition) is 1. The van der Waals surface area contributed by atoms with Gasteiger partial charge < -0.3 is 14.5 Å². The van der Waals surface area contributed by atoms with Crippen molar-refractivity contribution >= 4 is 40.3 Å². The number of amides is 1. The lowest BCUT2D eigenvalue weighted by Gasteiger charge is -2.06. The molecule has 0 radical (unpaired) electrons. The predicted molar refractivity (Wildman–Crippen MR) is 107 cm³/mol. The zero-order valence-corrected chi connectivity index (χ0v) is 15.9. The van der Waals surface area contributed by atoms with E-state index in [9.17, 15) is 9.59 Å². The van der Waals surface area contributed by atoms with Crippen molar-refractivity contribution in [3.63, 3.8) is 0 Å². The lowest BCUT2D eigenvalue weighted by Crippen LogP contribution is -2.14. The van der Waals surface area contributed by atoms with Crippen molar-refractivity contribution in [2.75, 3.05) is 17.7 Å². The van der Waals surface area contributed by atoms with Gasteiger partial charge in [0.25, 0.3) is 0 Å². The van der Waals surface area contributed by atoms with E-state index in [2.05, 4.69) is 5.32 Å². The maximum Gasteiger partial charge on any atom is 0.376 e. The van der Waals surface area contributed by atoms with Crippen molar-refractivity contribution in [3.05, 3.63) is 60.4 Å². The van der Waals surface area contributed by atoms with Crippen LogP contribution in [0.2, 0.25) is 0 Å². The second kappa shape index (κ2) is 9.28. The summed E-state index contributed by atoms with van der Waals surface area (Å²) in [4.78, 5) is 25.7. The molecule has 0 fully saturated rings. The maximum atomic E-state index is 12.4. The number of fused-ring (bicyclic) bond motifs is 1. The molecular formula is C21H21NO4S. The molecule has 1 heterocycles. The van der Waals surface area contributed by atoms with E-state index >= 15 is 0 Å². The molecule has 1 aromatic heterocycles. The summed E-state index contributed by atoms with van der Waals surface area (Å²) in [6.45, 7) is 1.96. The molecule has 1 N–H and O–H groups in total. The van der Waals surface area contributed by atoms with E-state index in [0.29, 0.717) is 23.1 Å². The van der Waals surface area contributed by atoms with E-state index in [-0.39, 0.29) is 18.3 Å². The van der Waals surface area contributed by atoms with Crippen molar-refractivity contribution in [1.29, 1.82) is 0 Å². The molecule has 6 heteroatoms. The number of hydrogen-bond acceptors (Lipinski definition) is 5. The Balaban J connectivity index is 1.63. The van der Waals surface area contributed by atoms with Crippen LogP contribution in [-0.4, -0.2) is 24.2 Å². The highest BCUT2D eigenvalue weighted by Crippen LogP contribution is 2.31. The smallest absolute Gasteiger partial charge is 0.376 e. The largest absolute Gasteiger partial charge is 0.460 e. The van der Waals surface area contributed by atoms with Crippen LogP contribution in [0.5, 0.6) is 0 Å². The van der Waals surface area contributed by atoms with Gasteiger partial charge in [0, 0.05) is 16.7 Å². The van der Waals surface area contributed by atoms with Gasteiger partial charge in [0.2, 0.25) is 11.7 Å². The van der Waals surface area contributed by atoms with E-state index in [1.165, 1.54) is 4.90 Å². The molecule has 3 aromatic rings. The number of esters is 1. The first kappa shape index (κ1) is 19.0. The molecule has 0 saturated heterocycles. The minimum atomic E-state index is -0.580. The zero-order valence-electron chi connectivity index (χ0n) is 15.1. The molecule has 3 rings (SSSR count). The molecule has 0 aliphatic rings. The monoisotopic (exact) mass is 383 g/mol. The van der Waals surface area contributed by atoms with E-state index in [4.69, 9.17) is 9.15 Å². The van der Waals surface area contributed by atoms with Crippen LogP contribution in [0.15, 0.2) is 63.9 Å². The van der Waals surface area contributed by atoms with Crippen LogP contribution in [0.25, 0.3) is 11.0 Å². The third-order valence-corrected chi connectivity index (χ3v) is 4.98. The average Bonchev–Trinajstić information content (AvgIpc) is 3.05. The molecule has 0 aliphatic carbocycles. The number of furan rings is 1. The standard InChI is InChI=1S/C21H21NO4S/c1-2-25-21(24)20-19(16-11-6-7-12-17(16)26-20)22-18(23)13-8-14-27-15-9-4-3-5-10-15/h3-7,9-12H,2,8,13-14H2,1H3,(H,22,23). The van der Waals surface area contributed by atoms with E-state index in [0.717, 1.165) is 12.2 Å². The molecule has 0 aliphatic heterocycles. The Morgan fingerprint density at radius 1 is 1.07 bits per heavy atom. The van der Waals surface area contributed by atoms with Gasteiger partial charge >= 0.3 is 5.97 Å². The summed E-state index contributed by atoms with van der Waals surface area (Å²) in [5.41, 5.74) is 0.917. The number of carbonyl (C=O) groups excluding carboxylic acids is 2. The van der Waals surface area contributed by atoms with Crippen LogP contribution in [0.4, 0.5) is 5.69 Å². The summed E-state index contributed by atoms with van der Waals surface area (Å²) in [5.74, 6) is 0.142. The molecule has 0 spiro atoms. The summed E-state index contributed by atoms with van der Waals surface area (Å²) in [5, 5.41) is 3.52. The van der Waals surface area contributed by atoms with Gasteiger partial charge in [-0.1, -0.05) is 30.3 Å². The zero-order chi connectivity index (χ0) is 19.1. The Morgan fingerprint density at radius 2 is 1.81 bits per heavy atom. The number of anilines is 1. The van der Waals surface area contributed by atoms with Crippen LogP contribution in [-0.2, 0) is 9.53 Å². The van der Waals surface area contributed by atoms with Gasteiger partial charge in [-0.05, 0) is 43.4 Å². The Kier molecular flexibility index (Phi) is 6.54. The first-order chi connectivity index (χ1) is 13.2. The molecule has 0 atom stereocenters. The summed E-state index contributed by atoms with van der Waals surface area (Å²) in [6.07, 6.45) is 1.09. The van der Waals surface area contributed by atoms with Gasteiger partial charge in [0.15, 0.2) is 0 Å². The number of nitrogens with one attached hydrogen (secondary N) is 1. The summed E-state index contributed by atoms with van der Waals surface area (Å²) >= 11 is 1.71. The Bertz CT molecular complexity index is 920. The van der Waals surface area contributed by atoms with Crippen LogP contribution >= 0.6 is 11.8 Å². The SMILES string of the molecule is CCOC(=O)c1oc2ccccc2c1NC(=O)CCCSc1ccccc1. The van der Waals surface area contributed by atoms with Gasteiger partial charge in [0.05, 0.1) is 6.61 Å². The first-order valence-electron chi connectivity index (χ1n) is 8.85. The van der Waals surface area contributed by atoms with E-state index < -0.39 is 5.97 Å². The number of rotatable bonds is 8. The van der Waals surface area contributed by atoms with Crippen molar-refractivity contribution < 1.29 is 18.7 Å². The quantitative estimate of drug-likeness (QED) is 0.332. The van der Waals surface area contributed by atoms with Crippen LogP contribution < -0.4 is 5.32 Å². The Labute approximate surface area is 162 Å². The van der Waals surface area contributed by atoms with Crippen molar-refractivity contribution in [2.45, 2.75) is 24.7 Å². The van der Waals surface area contributed by atoms with E-state index in [1.54, 1.807) is 24.8 Å². The van der Waals surface area contributed by atoms with Gasteiger partial charge in [-0.3, -0.25) is 4.79 Å². The summed E-state index contributed by atoms with van der Waals surface area (Å²) < 4.78 is 10.6. The molecular weight excluding hydrogens is 362 g/mol. The highest BCUT2D eigenvalue weighted by molar-refractivity contribution is 7.99. The van der Waals surface area contributed by atoms with Crippen LogP contribution in [0, 0.1) is 0 Å². The van der Waals surface area contributed by atoms with Gasteiger partial charge in [-0.25, -0.2) is 4.79 Å². The van der Waals surface area contributed by atoms with Crippen molar-refractivity contribution in [3.8, 4) is 0 Å². The normalized spacial score (nSPS) is 10.7. The Hall–Kier alpha value is -2.73. The average molecular weight is 383 g/mol. The fourth-order valence-electron chi connectivity index (χ4n) is 2.65. The number of carbonyl (C=O) groups is 2. The molecule has 5 nitrogen and oxygen atoms in total. The van der Waals surface area contributed by atoms with Gasteiger partial charge in [-0.15, -0.1) is 11.8 Å². The topological polar surface area (TPSA) is 68.5 Å². The second-order valence-corrected chi connectivity index (χ2v) is 7.00. The maximum absolute atomic E-state index is 12.4. The summed E-state index contributed by atoms with van der Waals surface area (Å²) in [6, 6.07) is 17.3. The molecule has 0 saturated carbocycles. The fourth-order valence-corrected chi connectivity index (χ4v) is 3.53. The Morgan fingerprint density at radius 3 is 2.59 bits per heavy atom. The molecule has 0 bridgehead atoms. The number of ether oxygens (including phenoxy) is 1. The lowest BCUT2D eigenvalue weighted by atomic mass is 10.2. The number of benzene rings is 2. The predicted octanol–water partition coefficient (Wildman–Crippen LogP) is 5.12. The molecule has 0 unspecified atom stereocenters. The van der Waals surface area contributed by atoms with Crippen molar-refractivity contribution in [1.82, 2.24) is 0 Å². The van der Waals surface area contributed by atoms with Gasteiger partial charge in [-0.2, -0.15) is 0 Å². The molecule has 140 valence electrons. The third-order valence-electron chi connectivity index (χ3n) is 3.88. The number of thioether (sulfide) groups is 1. The first-order valence-corrected chi connectivity index (χ1v) is 9.84. The highest BCUT2D eigenvalue weighted by Gasteiger charge is 2.23. The van der Waals surface area contributed by atoms with Crippen LogP contribution in [0.1, 0.15) is 30.3 Å². The minimum absolute atomic E-state index is 0.0325. The molecule has 2 aromatic carbocycles. The van der Waals surface area contributed by atoms with Crippen LogP contribution in [0.3, 0.4) is 0 Å². The van der Waals surface area contributed by atoms with Crippen molar-refractivity contribution in [2.24, 2.45) is 0 Å². The third kappa shape index (κ3) is 4.92. The lowest BCUT2D eigenvalue weighted by molar-refractivity contribution is -0.116. The summed E-state index contributed by atoms with van der Waals surface area (Å²) in [7, 11) is 0. The molecule has 1 amide bonds. The second-order valence-electron chi connectivity index (χ2n) is 5.84. The highest BCUT2D eigenvalue weighted by atomic mass is 32.2. The minimum Gasteiger partial charge on any atom is -0.460 e. The fraction of sp³-hybridized carbons (Fsp3) is 0.238. The van der Waals surface area contributed by atoms with Gasteiger partial charge in [0.1, 0.15) is 11.3 Å². The number of para-hydroxylation sites is 1.